The summed E-state index contributed by atoms with van der Waals surface area (Å²) >= 11 is 0. The summed E-state index contributed by atoms with van der Waals surface area (Å²) < 4.78 is 11.0. The van der Waals surface area contributed by atoms with Gasteiger partial charge in [0.25, 0.3) is 0 Å². The predicted octanol–water partition coefficient (Wildman–Crippen LogP) is 3.06. The van der Waals surface area contributed by atoms with E-state index >= 15 is 0 Å². The van der Waals surface area contributed by atoms with Crippen molar-refractivity contribution in [2.75, 3.05) is 13.7 Å². The molecule has 2 aromatic rings. The molecule has 5 heteroatoms. The molecule has 2 rings (SSSR count). The number of hydrogen-bond acceptors (Lipinski definition) is 5. The molecule has 1 N–H and O–H groups in total. The Labute approximate surface area is 125 Å². The van der Waals surface area contributed by atoms with Crippen molar-refractivity contribution in [3.63, 3.8) is 0 Å². The van der Waals surface area contributed by atoms with E-state index < -0.39 is 0 Å². The zero-order valence-corrected chi connectivity index (χ0v) is 12.9. The molecule has 0 aliphatic rings. The Hall–Kier alpha value is -1.72. The number of nitrogens with one attached hydrogen (secondary N) is 1. The van der Waals surface area contributed by atoms with Crippen LogP contribution >= 0.6 is 0 Å². The van der Waals surface area contributed by atoms with Gasteiger partial charge in [-0.1, -0.05) is 42.4 Å². The fraction of sp³-hybridized carbons (Fsp3) is 0.500. The highest BCUT2D eigenvalue weighted by Crippen LogP contribution is 2.21. The largest absolute Gasteiger partial charge is 0.370 e. The van der Waals surface area contributed by atoms with Gasteiger partial charge in [0, 0.05) is 19.1 Å². The van der Waals surface area contributed by atoms with Gasteiger partial charge < -0.3 is 14.6 Å². The minimum atomic E-state index is -0.0859. The summed E-state index contributed by atoms with van der Waals surface area (Å²) in [6.45, 7) is 4.67. The third-order valence-corrected chi connectivity index (χ3v) is 3.44. The molecule has 0 bridgehead atoms. The molecule has 0 saturated carbocycles. The van der Waals surface area contributed by atoms with Gasteiger partial charge in [-0.2, -0.15) is 4.98 Å². The molecule has 0 amide bonds. The zero-order chi connectivity index (χ0) is 15.1. The molecular weight excluding hydrogens is 266 g/mol. The van der Waals surface area contributed by atoms with Crippen LogP contribution in [0, 0.1) is 0 Å². The molecule has 2 unspecified atom stereocenters. The molecule has 1 heterocycles. The van der Waals surface area contributed by atoms with Crippen LogP contribution in [-0.2, 0) is 11.2 Å². The highest BCUT2D eigenvalue weighted by molar-refractivity contribution is 5.19. The lowest BCUT2D eigenvalue weighted by Gasteiger charge is -2.14. The number of ether oxygens (including phenoxy) is 1. The summed E-state index contributed by atoms with van der Waals surface area (Å²) in [5.41, 5.74) is 1.21. The molecule has 21 heavy (non-hydrogen) atoms. The fourth-order valence-corrected chi connectivity index (χ4v) is 2.30. The van der Waals surface area contributed by atoms with Gasteiger partial charge in [-0.25, -0.2) is 0 Å². The lowest BCUT2D eigenvalue weighted by atomic mass is 10.0. The summed E-state index contributed by atoms with van der Waals surface area (Å²) in [6.07, 6.45) is 1.41. The molecule has 0 fully saturated rings. The standard InChI is InChI=1S/C16H23N3O2/c1-4-14(20-5-2)16-18-15(21-19-16)11-13(17-3)12-9-7-6-8-10-12/h6-10,13-14,17H,4-5,11H2,1-3H3. The maximum absolute atomic E-state index is 5.61. The Balaban J connectivity index is 2.07. The number of benzene rings is 1. The number of hydrogen-bond donors (Lipinski definition) is 1. The summed E-state index contributed by atoms with van der Waals surface area (Å²) in [4.78, 5) is 4.47. The van der Waals surface area contributed by atoms with Crippen LogP contribution in [0.2, 0.25) is 0 Å². The first-order valence-corrected chi connectivity index (χ1v) is 7.44. The van der Waals surface area contributed by atoms with Gasteiger partial charge in [0.15, 0.2) is 0 Å². The van der Waals surface area contributed by atoms with E-state index in [0.717, 1.165) is 6.42 Å². The second-order valence-electron chi connectivity index (χ2n) is 4.85. The Kier molecular flexibility index (Phi) is 5.90. The van der Waals surface area contributed by atoms with Crippen molar-refractivity contribution in [3.8, 4) is 0 Å². The molecule has 114 valence electrons. The predicted molar refractivity (Wildman–Crippen MR) is 80.9 cm³/mol. The van der Waals surface area contributed by atoms with Crippen LogP contribution in [0.4, 0.5) is 0 Å². The van der Waals surface area contributed by atoms with Crippen LogP contribution in [0.5, 0.6) is 0 Å². The van der Waals surface area contributed by atoms with E-state index in [4.69, 9.17) is 9.26 Å². The number of aromatic nitrogens is 2. The summed E-state index contributed by atoms with van der Waals surface area (Å²) in [5.74, 6) is 1.27. The normalized spacial score (nSPS) is 14.0. The average molecular weight is 289 g/mol. The minimum Gasteiger partial charge on any atom is -0.370 e. The van der Waals surface area contributed by atoms with Gasteiger partial charge in [0.2, 0.25) is 11.7 Å². The van der Waals surface area contributed by atoms with E-state index in [1.165, 1.54) is 5.56 Å². The highest BCUT2D eigenvalue weighted by atomic mass is 16.5. The van der Waals surface area contributed by atoms with Gasteiger partial charge in [-0.3, -0.25) is 0 Å². The van der Waals surface area contributed by atoms with Crippen LogP contribution in [0.15, 0.2) is 34.9 Å². The lowest BCUT2D eigenvalue weighted by molar-refractivity contribution is 0.0518. The van der Waals surface area contributed by atoms with Crippen molar-refractivity contribution in [2.45, 2.75) is 38.8 Å². The van der Waals surface area contributed by atoms with Crippen molar-refractivity contribution in [3.05, 3.63) is 47.6 Å². The highest BCUT2D eigenvalue weighted by Gasteiger charge is 2.19. The van der Waals surface area contributed by atoms with Crippen LogP contribution in [0.3, 0.4) is 0 Å². The summed E-state index contributed by atoms with van der Waals surface area (Å²) in [5, 5.41) is 7.33. The van der Waals surface area contributed by atoms with Crippen molar-refractivity contribution < 1.29 is 9.26 Å². The summed E-state index contributed by atoms with van der Waals surface area (Å²) in [6, 6.07) is 10.4. The topological polar surface area (TPSA) is 60.2 Å². The Morgan fingerprint density at radius 2 is 2.00 bits per heavy atom. The SMILES string of the molecule is CCOC(CC)c1noc(CC(NC)c2ccccc2)n1. The second-order valence-corrected chi connectivity index (χ2v) is 4.85. The van der Waals surface area contributed by atoms with Gasteiger partial charge in [0.1, 0.15) is 6.10 Å². The maximum Gasteiger partial charge on any atom is 0.228 e. The number of rotatable bonds is 8. The third-order valence-electron chi connectivity index (χ3n) is 3.44. The van der Waals surface area contributed by atoms with Gasteiger partial charge in [-0.05, 0) is 26.0 Å². The van der Waals surface area contributed by atoms with Crippen LogP contribution in [-0.4, -0.2) is 23.8 Å². The third kappa shape index (κ3) is 4.12. The Bertz CT molecular complexity index is 527. The number of nitrogens with zero attached hydrogens (tertiary/aromatic N) is 2. The van der Waals surface area contributed by atoms with Crippen LogP contribution in [0.25, 0.3) is 0 Å². The molecule has 0 aliphatic carbocycles. The Morgan fingerprint density at radius 1 is 1.24 bits per heavy atom. The molecule has 0 spiro atoms. The fourth-order valence-electron chi connectivity index (χ4n) is 2.30. The second kappa shape index (κ2) is 7.90. The van der Waals surface area contributed by atoms with E-state index in [1.807, 2.05) is 32.2 Å². The zero-order valence-electron chi connectivity index (χ0n) is 12.9. The van der Waals surface area contributed by atoms with Gasteiger partial charge in [-0.15, -0.1) is 0 Å². The molecule has 0 saturated heterocycles. The van der Waals surface area contributed by atoms with E-state index in [9.17, 15) is 0 Å². The van der Waals surface area contributed by atoms with Crippen molar-refractivity contribution >= 4 is 0 Å². The molecule has 1 aromatic carbocycles. The van der Waals surface area contributed by atoms with Crippen molar-refractivity contribution in [1.29, 1.82) is 0 Å². The first-order chi connectivity index (χ1) is 10.3. The van der Waals surface area contributed by atoms with Crippen LogP contribution in [0.1, 0.15) is 49.7 Å². The van der Waals surface area contributed by atoms with E-state index in [1.54, 1.807) is 0 Å². The number of likely N-dealkylation sites (N-methyl/N-ethyl adjacent to an activating group) is 1. The average Bonchev–Trinajstić information content (AvgIpc) is 2.99. The van der Waals surface area contributed by atoms with Gasteiger partial charge >= 0.3 is 0 Å². The first kappa shape index (κ1) is 15.7. The molecular formula is C16H23N3O2. The van der Waals surface area contributed by atoms with Gasteiger partial charge in [0.05, 0.1) is 0 Å². The maximum atomic E-state index is 5.61. The van der Waals surface area contributed by atoms with Crippen molar-refractivity contribution in [2.24, 2.45) is 0 Å². The molecule has 1 aromatic heterocycles. The lowest BCUT2D eigenvalue weighted by Crippen LogP contribution is -2.19. The Morgan fingerprint density at radius 3 is 2.62 bits per heavy atom. The molecule has 5 nitrogen and oxygen atoms in total. The monoisotopic (exact) mass is 289 g/mol. The van der Waals surface area contributed by atoms with E-state index in [0.29, 0.717) is 24.7 Å². The van der Waals surface area contributed by atoms with E-state index in [-0.39, 0.29) is 12.1 Å². The minimum absolute atomic E-state index is 0.0859. The molecule has 0 radical (unpaired) electrons. The van der Waals surface area contributed by atoms with Crippen LogP contribution < -0.4 is 5.32 Å². The quantitative estimate of drug-likeness (QED) is 0.809. The smallest absolute Gasteiger partial charge is 0.228 e. The first-order valence-electron chi connectivity index (χ1n) is 7.44. The summed E-state index contributed by atoms with van der Waals surface area (Å²) in [7, 11) is 1.93. The van der Waals surface area contributed by atoms with Crippen molar-refractivity contribution in [1.82, 2.24) is 15.5 Å². The molecule has 0 aliphatic heterocycles. The molecule has 2 atom stereocenters. The van der Waals surface area contributed by atoms with E-state index in [2.05, 4.69) is 34.5 Å².